The van der Waals surface area contributed by atoms with Gasteiger partial charge in [-0.2, -0.15) is 0 Å². The van der Waals surface area contributed by atoms with Gasteiger partial charge in [-0.25, -0.2) is 4.98 Å². The fourth-order valence-electron chi connectivity index (χ4n) is 2.62. The van der Waals surface area contributed by atoms with E-state index < -0.39 is 0 Å². The van der Waals surface area contributed by atoms with Gasteiger partial charge in [0, 0.05) is 30.4 Å². The zero-order valence-electron chi connectivity index (χ0n) is 12.0. The molecule has 1 unspecified atom stereocenters. The van der Waals surface area contributed by atoms with Crippen LogP contribution in [0.3, 0.4) is 0 Å². The number of nitrogens with zero attached hydrogens (tertiary/aromatic N) is 2. The van der Waals surface area contributed by atoms with Gasteiger partial charge in [0.1, 0.15) is 11.4 Å². The van der Waals surface area contributed by atoms with Gasteiger partial charge in [0.25, 0.3) is 0 Å². The number of hydrogen-bond donors (Lipinski definition) is 2. The monoisotopic (exact) mass is 281 g/mol. The van der Waals surface area contributed by atoms with E-state index in [2.05, 4.69) is 21.8 Å². The second kappa shape index (κ2) is 5.58. The van der Waals surface area contributed by atoms with Crippen molar-refractivity contribution in [1.82, 2.24) is 9.55 Å². The zero-order valence-corrected chi connectivity index (χ0v) is 12.0. The maximum Gasteiger partial charge on any atom is 0.140 e. The van der Waals surface area contributed by atoms with Crippen LogP contribution in [-0.4, -0.2) is 20.7 Å². The number of phenols is 1. The van der Waals surface area contributed by atoms with Crippen molar-refractivity contribution in [1.29, 1.82) is 0 Å². The lowest BCUT2D eigenvalue weighted by molar-refractivity contribution is 0.475. The van der Waals surface area contributed by atoms with Crippen LogP contribution < -0.4 is 5.73 Å². The van der Waals surface area contributed by atoms with Crippen LogP contribution in [0.4, 0.5) is 0 Å². The Labute approximate surface area is 123 Å². The lowest BCUT2D eigenvalue weighted by Crippen LogP contribution is -2.17. The molecule has 3 rings (SSSR count). The summed E-state index contributed by atoms with van der Waals surface area (Å²) in [6.45, 7) is 2.74. The fourth-order valence-corrected chi connectivity index (χ4v) is 2.62. The van der Waals surface area contributed by atoms with Crippen LogP contribution in [0.2, 0.25) is 0 Å². The second-order valence-corrected chi connectivity index (χ2v) is 5.50. The van der Waals surface area contributed by atoms with Crippen molar-refractivity contribution in [3.05, 3.63) is 59.9 Å². The van der Waals surface area contributed by atoms with Gasteiger partial charge in [-0.05, 0) is 48.7 Å². The van der Waals surface area contributed by atoms with Crippen LogP contribution in [0.1, 0.15) is 18.1 Å². The van der Waals surface area contributed by atoms with E-state index in [-0.39, 0.29) is 11.8 Å². The third-order valence-corrected chi connectivity index (χ3v) is 3.55. The standard InChI is InChI=1S/C17H19N3O/c1-12(18)9-14-11-20(17-16(14)3-2-8-19-17)10-13-4-6-15(21)7-5-13/h2-8,11-12,21H,9-10,18H2,1H3. The maximum atomic E-state index is 9.36. The Kier molecular flexibility index (Phi) is 3.62. The average molecular weight is 281 g/mol. The molecule has 3 N–H and O–H groups in total. The lowest BCUT2D eigenvalue weighted by atomic mass is 10.1. The second-order valence-electron chi connectivity index (χ2n) is 5.50. The maximum absolute atomic E-state index is 9.36. The first kappa shape index (κ1) is 13.6. The molecule has 0 bridgehead atoms. The van der Waals surface area contributed by atoms with Crippen molar-refractivity contribution in [2.75, 3.05) is 0 Å². The number of phenolic OH excluding ortho intramolecular Hbond substituents is 1. The Morgan fingerprint density at radius 3 is 2.71 bits per heavy atom. The van der Waals surface area contributed by atoms with Crippen LogP contribution in [0.25, 0.3) is 11.0 Å². The van der Waals surface area contributed by atoms with E-state index in [0.717, 1.165) is 29.6 Å². The molecule has 0 spiro atoms. The molecular formula is C17H19N3O. The quantitative estimate of drug-likeness (QED) is 0.772. The molecule has 1 atom stereocenters. The third kappa shape index (κ3) is 2.90. The summed E-state index contributed by atoms with van der Waals surface area (Å²) in [6, 6.07) is 11.4. The normalized spacial score (nSPS) is 12.7. The van der Waals surface area contributed by atoms with Gasteiger partial charge < -0.3 is 15.4 Å². The first-order valence-electron chi connectivity index (χ1n) is 7.09. The minimum Gasteiger partial charge on any atom is -0.508 e. The van der Waals surface area contributed by atoms with Gasteiger partial charge in [0.2, 0.25) is 0 Å². The molecule has 0 aliphatic rings. The molecule has 1 aromatic carbocycles. The molecular weight excluding hydrogens is 262 g/mol. The molecule has 0 saturated heterocycles. The highest BCUT2D eigenvalue weighted by Crippen LogP contribution is 2.22. The Morgan fingerprint density at radius 1 is 1.24 bits per heavy atom. The topological polar surface area (TPSA) is 64.1 Å². The molecule has 0 saturated carbocycles. The Bertz CT molecular complexity index is 744. The summed E-state index contributed by atoms with van der Waals surface area (Å²) < 4.78 is 2.14. The predicted molar refractivity (Wildman–Crippen MR) is 84.3 cm³/mol. The van der Waals surface area contributed by atoms with E-state index in [4.69, 9.17) is 5.73 Å². The van der Waals surface area contributed by atoms with E-state index in [0.29, 0.717) is 0 Å². The van der Waals surface area contributed by atoms with Crippen molar-refractivity contribution in [2.45, 2.75) is 25.9 Å². The third-order valence-electron chi connectivity index (χ3n) is 3.55. The molecule has 0 radical (unpaired) electrons. The Balaban J connectivity index is 2.00. The fraction of sp³-hybridized carbons (Fsp3) is 0.235. The minimum atomic E-state index is 0.123. The number of nitrogens with two attached hydrogens (primary N) is 1. The van der Waals surface area contributed by atoms with Crippen molar-refractivity contribution in [3.63, 3.8) is 0 Å². The van der Waals surface area contributed by atoms with Gasteiger partial charge >= 0.3 is 0 Å². The number of hydrogen-bond acceptors (Lipinski definition) is 3. The number of aromatic hydroxyl groups is 1. The van der Waals surface area contributed by atoms with E-state index in [1.54, 1.807) is 12.1 Å². The highest BCUT2D eigenvalue weighted by atomic mass is 16.3. The number of benzene rings is 1. The molecule has 0 amide bonds. The first-order chi connectivity index (χ1) is 10.1. The SMILES string of the molecule is CC(N)Cc1cn(Cc2ccc(O)cc2)c2ncccc12. The summed E-state index contributed by atoms with van der Waals surface area (Å²) in [5.74, 6) is 0.284. The van der Waals surface area contributed by atoms with Crippen LogP contribution in [0.15, 0.2) is 48.8 Å². The highest BCUT2D eigenvalue weighted by Gasteiger charge is 2.11. The minimum absolute atomic E-state index is 0.123. The van der Waals surface area contributed by atoms with Gasteiger partial charge in [-0.1, -0.05) is 12.1 Å². The first-order valence-corrected chi connectivity index (χ1v) is 7.09. The number of aromatic nitrogens is 2. The number of rotatable bonds is 4. The molecule has 3 aromatic rings. The van der Waals surface area contributed by atoms with E-state index in [1.165, 1.54) is 5.56 Å². The molecule has 4 nitrogen and oxygen atoms in total. The highest BCUT2D eigenvalue weighted by molar-refractivity contribution is 5.80. The molecule has 2 heterocycles. The Morgan fingerprint density at radius 2 is 2.00 bits per heavy atom. The van der Waals surface area contributed by atoms with Gasteiger partial charge in [-0.15, -0.1) is 0 Å². The van der Waals surface area contributed by atoms with Gasteiger partial charge in [0.15, 0.2) is 0 Å². The molecule has 4 heteroatoms. The summed E-state index contributed by atoms with van der Waals surface area (Å²) in [7, 11) is 0. The number of fused-ring (bicyclic) bond motifs is 1. The summed E-state index contributed by atoms with van der Waals surface area (Å²) in [4.78, 5) is 4.50. The van der Waals surface area contributed by atoms with Crippen LogP contribution in [0, 0.1) is 0 Å². The zero-order chi connectivity index (χ0) is 14.8. The molecule has 0 aliphatic heterocycles. The summed E-state index contributed by atoms with van der Waals surface area (Å²) in [5, 5.41) is 10.5. The smallest absolute Gasteiger partial charge is 0.140 e. The average Bonchev–Trinajstić information content (AvgIpc) is 2.79. The van der Waals surface area contributed by atoms with E-state index in [9.17, 15) is 5.11 Å². The molecule has 0 aliphatic carbocycles. The summed E-state index contributed by atoms with van der Waals surface area (Å²) in [5.41, 5.74) is 9.27. The number of pyridine rings is 1. The van der Waals surface area contributed by atoms with Crippen molar-refractivity contribution in [3.8, 4) is 5.75 Å². The van der Waals surface area contributed by atoms with Gasteiger partial charge in [0.05, 0.1) is 0 Å². The Hall–Kier alpha value is -2.33. The predicted octanol–water partition coefficient (Wildman–Crippen LogP) is 2.68. The van der Waals surface area contributed by atoms with Crippen LogP contribution in [0.5, 0.6) is 5.75 Å². The lowest BCUT2D eigenvalue weighted by Gasteiger charge is -2.05. The van der Waals surface area contributed by atoms with E-state index in [1.807, 2.05) is 31.3 Å². The van der Waals surface area contributed by atoms with Crippen molar-refractivity contribution in [2.24, 2.45) is 5.73 Å². The largest absolute Gasteiger partial charge is 0.508 e. The molecule has 2 aromatic heterocycles. The van der Waals surface area contributed by atoms with Crippen LogP contribution >= 0.6 is 0 Å². The van der Waals surface area contributed by atoms with Gasteiger partial charge in [-0.3, -0.25) is 0 Å². The summed E-state index contributed by atoms with van der Waals surface area (Å²) in [6.07, 6.45) is 4.78. The summed E-state index contributed by atoms with van der Waals surface area (Å²) >= 11 is 0. The molecule has 0 fully saturated rings. The van der Waals surface area contributed by atoms with Crippen molar-refractivity contribution < 1.29 is 5.11 Å². The molecule has 108 valence electrons. The van der Waals surface area contributed by atoms with Crippen LogP contribution in [-0.2, 0) is 13.0 Å². The van der Waals surface area contributed by atoms with Crippen molar-refractivity contribution >= 4 is 11.0 Å². The van der Waals surface area contributed by atoms with E-state index >= 15 is 0 Å². The molecule has 21 heavy (non-hydrogen) atoms.